The molecule has 6 heteroatoms. The van der Waals surface area contributed by atoms with Gasteiger partial charge in [-0.3, -0.25) is 4.79 Å². The van der Waals surface area contributed by atoms with Crippen LogP contribution in [-0.4, -0.2) is 60.8 Å². The number of rotatable bonds is 1. The van der Waals surface area contributed by atoms with Crippen LogP contribution in [-0.2, 0) is 4.79 Å². The molecule has 2 fully saturated rings. The molecule has 4 aliphatic rings. The predicted molar refractivity (Wildman–Crippen MR) is 92.8 cm³/mol. The van der Waals surface area contributed by atoms with E-state index in [0.717, 1.165) is 0 Å². The van der Waals surface area contributed by atoms with E-state index >= 15 is 0 Å². The molecule has 0 spiro atoms. The summed E-state index contributed by atoms with van der Waals surface area (Å²) >= 11 is 0. The minimum atomic E-state index is -1.84. The molecule has 0 aromatic heterocycles. The number of aliphatic hydroxyl groups excluding tert-OH is 2. The van der Waals surface area contributed by atoms with E-state index in [1.165, 1.54) is 0 Å². The molecule has 144 valence electrons. The van der Waals surface area contributed by atoms with Crippen molar-refractivity contribution in [2.24, 2.45) is 29.1 Å². The first-order valence-electron chi connectivity index (χ1n) is 9.27. The van der Waals surface area contributed by atoms with Crippen LogP contribution in [0.2, 0.25) is 0 Å². The van der Waals surface area contributed by atoms with Crippen molar-refractivity contribution in [3.8, 4) is 0 Å². The van der Waals surface area contributed by atoms with Gasteiger partial charge in [0, 0.05) is 35.5 Å². The van der Waals surface area contributed by atoms with E-state index < -0.39 is 57.8 Å². The fraction of sp³-hybridized carbons (Fsp3) is 0.750. The lowest BCUT2D eigenvalue weighted by molar-refractivity contribution is -0.209. The van der Waals surface area contributed by atoms with Crippen molar-refractivity contribution >= 4 is 5.78 Å². The summed E-state index contributed by atoms with van der Waals surface area (Å²) in [6.07, 6.45) is 2.08. The van der Waals surface area contributed by atoms with Crippen molar-refractivity contribution in [1.29, 1.82) is 0 Å². The maximum absolute atomic E-state index is 12.7. The summed E-state index contributed by atoms with van der Waals surface area (Å²) in [4.78, 5) is 12.7. The van der Waals surface area contributed by atoms with Crippen LogP contribution < -0.4 is 0 Å². The lowest BCUT2D eigenvalue weighted by Crippen LogP contribution is -2.65. The third-order valence-electron chi connectivity index (χ3n) is 8.04. The van der Waals surface area contributed by atoms with Crippen LogP contribution in [0.5, 0.6) is 0 Å². The zero-order valence-corrected chi connectivity index (χ0v) is 15.6. The van der Waals surface area contributed by atoms with Gasteiger partial charge in [-0.15, -0.1) is 0 Å². The van der Waals surface area contributed by atoms with Gasteiger partial charge in [-0.05, 0) is 18.1 Å². The van der Waals surface area contributed by atoms with E-state index in [2.05, 4.69) is 0 Å². The number of hydrogen-bond acceptors (Lipinski definition) is 6. The number of carbonyl (C=O) groups is 1. The van der Waals surface area contributed by atoms with Crippen LogP contribution in [0.25, 0.3) is 0 Å². The minimum Gasteiger partial charge on any atom is -0.392 e. The Morgan fingerprint density at radius 1 is 1.19 bits per heavy atom. The van der Waals surface area contributed by atoms with Crippen LogP contribution in [0.15, 0.2) is 23.3 Å². The fourth-order valence-corrected chi connectivity index (χ4v) is 6.45. The molecule has 0 unspecified atom stereocenters. The van der Waals surface area contributed by atoms with Crippen molar-refractivity contribution in [2.75, 3.05) is 6.61 Å². The quantitative estimate of drug-likeness (QED) is 0.416. The van der Waals surface area contributed by atoms with Crippen LogP contribution in [0.3, 0.4) is 0 Å². The summed E-state index contributed by atoms with van der Waals surface area (Å²) in [5.41, 5.74) is -4.57. The van der Waals surface area contributed by atoms with E-state index in [0.29, 0.717) is 11.1 Å². The summed E-state index contributed by atoms with van der Waals surface area (Å²) in [5, 5.41) is 54.9. The Labute approximate surface area is 152 Å². The number of ketones is 1. The van der Waals surface area contributed by atoms with Gasteiger partial charge in [0.25, 0.3) is 0 Å². The third kappa shape index (κ3) is 1.69. The second kappa shape index (κ2) is 4.86. The Hall–Kier alpha value is -1.05. The molecule has 26 heavy (non-hydrogen) atoms. The van der Waals surface area contributed by atoms with Gasteiger partial charge in [-0.25, -0.2) is 0 Å². The van der Waals surface area contributed by atoms with Crippen molar-refractivity contribution in [3.05, 3.63) is 23.3 Å². The number of Topliss-reactive ketones (excluding diaryl/α,β-unsaturated/α-hetero) is 1. The van der Waals surface area contributed by atoms with E-state index in [9.17, 15) is 30.3 Å². The molecule has 2 saturated carbocycles. The molecule has 0 aromatic carbocycles. The number of fused-ring (bicyclic) bond motifs is 5. The van der Waals surface area contributed by atoms with Crippen molar-refractivity contribution in [3.63, 3.8) is 0 Å². The van der Waals surface area contributed by atoms with E-state index in [-0.39, 0.29) is 13.0 Å². The predicted octanol–water partition coefficient (Wildman–Crippen LogP) is -0.0699. The number of hydrogen-bond donors (Lipinski definition) is 5. The second-order valence-corrected chi connectivity index (χ2v) is 9.41. The topological polar surface area (TPSA) is 118 Å². The Morgan fingerprint density at radius 2 is 1.81 bits per heavy atom. The van der Waals surface area contributed by atoms with E-state index in [1.807, 2.05) is 13.8 Å². The molecule has 0 heterocycles. The van der Waals surface area contributed by atoms with Gasteiger partial charge < -0.3 is 25.5 Å². The zero-order chi connectivity index (χ0) is 19.4. The molecule has 8 atom stereocenters. The van der Waals surface area contributed by atoms with Crippen LogP contribution in [0.4, 0.5) is 0 Å². The Kier molecular flexibility index (Phi) is 3.42. The molecule has 0 radical (unpaired) electrons. The van der Waals surface area contributed by atoms with E-state index in [4.69, 9.17) is 0 Å². The first kappa shape index (κ1) is 18.3. The highest BCUT2D eigenvalue weighted by atomic mass is 16.4. The lowest BCUT2D eigenvalue weighted by Gasteiger charge is -2.51. The molecule has 0 aromatic rings. The Bertz CT molecular complexity index is 753. The third-order valence-corrected chi connectivity index (χ3v) is 8.04. The minimum absolute atomic E-state index is 0.0615. The molecular weight excluding hydrogens is 336 g/mol. The van der Waals surface area contributed by atoms with Gasteiger partial charge in [-0.2, -0.15) is 0 Å². The first-order valence-corrected chi connectivity index (χ1v) is 9.27. The maximum atomic E-state index is 12.7. The second-order valence-electron chi connectivity index (χ2n) is 9.41. The number of carbonyl (C=O) groups excluding carboxylic acids is 1. The monoisotopic (exact) mass is 364 g/mol. The lowest BCUT2D eigenvalue weighted by atomic mass is 9.59. The van der Waals surface area contributed by atoms with Gasteiger partial charge >= 0.3 is 0 Å². The average Bonchev–Trinajstić information content (AvgIpc) is 2.97. The smallest absolute Gasteiger partial charge is 0.190 e. The summed E-state index contributed by atoms with van der Waals surface area (Å²) in [7, 11) is 0. The highest BCUT2D eigenvalue weighted by Crippen LogP contribution is 2.74. The van der Waals surface area contributed by atoms with Crippen molar-refractivity contribution in [2.45, 2.75) is 57.0 Å². The molecule has 0 aliphatic heterocycles. The Morgan fingerprint density at radius 3 is 2.38 bits per heavy atom. The first-order chi connectivity index (χ1) is 11.9. The average molecular weight is 364 g/mol. The molecule has 4 aliphatic carbocycles. The van der Waals surface area contributed by atoms with Gasteiger partial charge in [0.05, 0.1) is 18.3 Å². The normalized spacial score (nSPS) is 54.5. The van der Waals surface area contributed by atoms with Crippen LogP contribution in [0, 0.1) is 29.1 Å². The van der Waals surface area contributed by atoms with Gasteiger partial charge in [0.15, 0.2) is 5.78 Å². The highest BCUT2D eigenvalue weighted by molar-refractivity contribution is 6.04. The van der Waals surface area contributed by atoms with Crippen LogP contribution in [0.1, 0.15) is 34.1 Å². The molecule has 6 nitrogen and oxygen atoms in total. The van der Waals surface area contributed by atoms with Crippen molar-refractivity contribution < 1.29 is 30.3 Å². The fourth-order valence-electron chi connectivity index (χ4n) is 6.45. The summed E-state index contributed by atoms with van der Waals surface area (Å²) in [6.45, 7) is 6.63. The molecular formula is C20H28O6. The molecule has 0 bridgehead atoms. The maximum Gasteiger partial charge on any atom is 0.190 e. The summed E-state index contributed by atoms with van der Waals surface area (Å²) in [6, 6.07) is 0. The standard InChI is InChI=1S/C20H28O6/c1-9-5-13-18(24,15(9)22)7-11(8-21)6-12-14-17(3,4)20(14,26)16(23)10(2)19(12,13)25/h5-6,10,12-14,16,21,23-26H,7-8H2,1-4H3/t10-,12+,13-,14-,16-,18-,19-,20-/m0/s1. The Balaban J connectivity index is 1.96. The van der Waals surface area contributed by atoms with Crippen molar-refractivity contribution in [1.82, 2.24) is 0 Å². The molecule has 5 N–H and O–H groups in total. The largest absolute Gasteiger partial charge is 0.392 e. The SMILES string of the molecule is CC1=C[C@@H]2[C@@]3(O)[C@H](C=C(CO)C[C@@]2(O)C1=O)[C@H]1C(C)(C)[C@@]1(O)[C@@H](O)[C@@H]3C. The molecule has 4 rings (SSSR count). The zero-order valence-electron chi connectivity index (χ0n) is 15.6. The number of aliphatic hydroxyl groups is 5. The summed E-state index contributed by atoms with van der Waals surface area (Å²) in [5.74, 6) is -3.14. The van der Waals surface area contributed by atoms with Crippen LogP contribution >= 0.6 is 0 Å². The van der Waals surface area contributed by atoms with Gasteiger partial charge in [-0.1, -0.05) is 32.9 Å². The van der Waals surface area contributed by atoms with Gasteiger partial charge in [0.2, 0.25) is 0 Å². The summed E-state index contributed by atoms with van der Waals surface area (Å²) < 4.78 is 0. The molecule has 0 saturated heterocycles. The van der Waals surface area contributed by atoms with E-state index in [1.54, 1.807) is 26.0 Å². The van der Waals surface area contributed by atoms with Gasteiger partial charge in [0.1, 0.15) is 11.2 Å². The molecule has 0 amide bonds. The highest BCUT2D eigenvalue weighted by Gasteiger charge is 2.84.